The molecule has 7 heteroatoms. The lowest BCUT2D eigenvalue weighted by Crippen LogP contribution is -2.25. The van der Waals surface area contributed by atoms with Gasteiger partial charge in [-0.3, -0.25) is 9.20 Å². The Balaban J connectivity index is 1.62. The molecule has 3 aromatic heterocycles. The predicted molar refractivity (Wildman–Crippen MR) is 98.4 cm³/mol. The molecule has 4 nitrogen and oxygen atoms in total. The highest BCUT2D eigenvalue weighted by Gasteiger charge is 2.18. The summed E-state index contributed by atoms with van der Waals surface area (Å²) in [5.41, 5.74) is 2.09. The lowest BCUT2D eigenvalue weighted by molar-refractivity contribution is 0.0789. The Morgan fingerprint density at radius 1 is 1.39 bits per heavy atom. The van der Waals surface area contributed by atoms with Crippen molar-refractivity contribution in [3.63, 3.8) is 0 Å². The number of benzene rings is 1. The van der Waals surface area contributed by atoms with E-state index in [0.717, 1.165) is 30.2 Å². The second-order valence-corrected chi connectivity index (χ2v) is 7.98. The van der Waals surface area contributed by atoms with Crippen molar-refractivity contribution in [2.45, 2.75) is 6.54 Å². The van der Waals surface area contributed by atoms with E-state index >= 15 is 0 Å². The van der Waals surface area contributed by atoms with Crippen LogP contribution in [0.15, 0.2) is 46.4 Å². The van der Waals surface area contributed by atoms with E-state index in [-0.39, 0.29) is 5.91 Å². The number of thiazole rings is 1. The van der Waals surface area contributed by atoms with Crippen LogP contribution in [0.25, 0.3) is 15.3 Å². The molecule has 0 spiro atoms. The first kappa shape index (κ1) is 14.9. The number of imidazole rings is 1. The molecule has 23 heavy (non-hydrogen) atoms. The summed E-state index contributed by atoms with van der Waals surface area (Å²) in [5, 5.41) is 2.00. The van der Waals surface area contributed by atoms with Gasteiger partial charge in [0, 0.05) is 29.6 Å². The van der Waals surface area contributed by atoms with Crippen LogP contribution in [0.1, 0.15) is 15.2 Å². The van der Waals surface area contributed by atoms with Crippen LogP contribution in [0.3, 0.4) is 0 Å². The Labute approximate surface area is 149 Å². The highest BCUT2D eigenvalue weighted by Crippen LogP contribution is 2.29. The third-order valence-electron chi connectivity index (χ3n) is 3.66. The Bertz CT molecular complexity index is 1020. The van der Waals surface area contributed by atoms with Crippen molar-refractivity contribution in [3.05, 3.63) is 56.8 Å². The molecule has 1 amide bonds. The van der Waals surface area contributed by atoms with E-state index in [1.54, 1.807) is 16.2 Å². The molecule has 4 rings (SSSR count). The fourth-order valence-corrected chi connectivity index (χ4v) is 4.70. The average Bonchev–Trinajstić information content (AvgIpc) is 3.20. The van der Waals surface area contributed by atoms with E-state index < -0.39 is 0 Å². The lowest BCUT2D eigenvalue weighted by Gasteiger charge is -2.17. The summed E-state index contributed by atoms with van der Waals surface area (Å²) in [7, 11) is 1.83. The van der Waals surface area contributed by atoms with E-state index in [1.807, 2.05) is 53.4 Å². The summed E-state index contributed by atoms with van der Waals surface area (Å²) in [6, 6.07) is 9.89. The van der Waals surface area contributed by atoms with Gasteiger partial charge in [-0.25, -0.2) is 4.98 Å². The number of carbonyl (C=O) groups is 1. The minimum atomic E-state index is 0.0210. The van der Waals surface area contributed by atoms with Crippen molar-refractivity contribution in [1.29, 1.82) is 0 Å². The summed E-state index contributed by atoms with van der Waals surface area (Å²) in [6.07, 6.45) is 1.99. The van der Waals surface area contributed by atoms with Crippen molar-refractivity contribution in [1.82, 2.24) is 14.3 Å². The second kappa shape index (κ2) is 5.74. The van der Waals surface area contributed by atoms with Gasteiger partial charge in [-0.15, -0.1) is 22.7 Å². The number of halogens is 1. The summed E-state index contributed by atoms with van der Waals surface area (Å²) < 4.78 is 3.04. The fraction of sp³-hybridized carbons (Fsp3) is 0.125. The Hall–Kier alpha value is -1.70. The van der Waals surface area contributed by atoms with E-state index in [2.05, 4.69) is 20.9 Å². The average molecular weight is 406 g/mol. The van der Waals surface area contributed by atoms with Crippen LogP contribution in [-0.4, -0.2) is 27.2 Å². The number of nitrogens with zero attached hydrogens (tertiary/aromatic N) is 3. The highest BCUT2D eigenvalue weighted by molar-refractivity contribution is 9.10. The Morgan fingerprint density at radius 3 is 3.04 bits per heavy atom. The van der Waals surface area contributed by atoms with Crippen LogP contribution in [0.5, 0.6) is 0 Å². The molecular weight excluding hydrogens is 394 g/mol. The molecule has 0 unspecified atom stereocenters. The normalized spacial score (nSPS) is 11.4. The number of amides is 1. The first-order chi connectivity index (χ1) is 11.1. The molecule has 0 saturated carbocycles. The van der Waals surface area contributed by atoms with Gasteiger partial charge < -0.3 is 4.90 Å². The van der Waals surface area contributed by atoms with Crippen LogP contribution in [0, 0.1) is 0 Å². The van der Waals surface area contributed by atoms with Crippen molar-refractivity contribution in [3.8, 4) is 0 Å². The number of fused-ring (bicyclic) bond motifs is 3. The van der Waals surface area contributed by atoms with Crippen molar-refractivity contribution in [2.75, 3.05) is 7.05 Å². The van der Waals surface area contributed by atoms with Crippen molar-refractivity contribution >= 4 is 59.8 Å². The van der Waals surface area contributed by atoms with Crippen LogP contribution >= 0.6 is 38.6 Å². The molecule has 0 bridgehead atoms. The van der Waals surface area contributed by atoms with E-state index in [1.165, 1.54) is 11.3 Å². The van der Waals surface area contributed by atoms with Gasteiger partial charge in [-0.1, -0.05) is 34.1 Å². The maximum absolute atomic E-state index is 12.7. The van der Waals surface area contributed by atoms with Crippen LogP contribution in [-0.2, 0) is 6.54 Å². The van der Waals surface area contributed by atoms with Gasteiger partial charge in [0.1, 0.15) is 4.83 Å². The maximum Gasteiger partial charge on any atom is 0.264 e. The summed E-state index contributed by atoms with van der Waals surface area (Å²) in [6.45, 7) is 0.566. The van der Waals surface area contributed by atoms with Gasteiger partial charge in [0.2, 0.25) is 0 Å². The third kappa shape index (κ3) is 2.58. The highest BCUT2D eigenvalue weighted by atomic mass is 79.9. The monoisotopic (exact) mass is 405 g/mol. The predicted octanol–water partition coefficient (Wildman–Crippen LogP) is 4.65. The zero-order valence-electron chi connectivity index (χ0n) is 12.2. The SMILES string of the molecule is CN(Cc1ccccc1Br)C(=O)c1cc2c(nc3sccn32)s1. The van der Waals surface area contributed by atoms with E-state index in [4.69, 9.17) is 0 Å². The summed E-state index contributed by atoms with van der Waals surface area (Å²) in [5.74, 6) is 0.0210. The zero-order chi connectivity index (χ0) is 16.0. The molecule has 0 aliphatic heterocycles. The number of aromatic nitrogens is 2. The van der Waals surface area contributed by atoms with Crippen LogP contribution in [0.4, 0.5) is 0 Å². The van der Waals surface area contributed by atoms with Crippen molar-refractivity contribution in [2.24, 2.45) is 0 Å². The van der Waals surface area contributed by atoms with E-state index in [9.17, 15) is 4.79 Å². The first-order valence-corrected chi connectivity index (χ1v) is 9.46. The molecule has 0 saturated heterocycles. The zero-order valence-corrected chi connectivity index (χ0v) is 15.4. The van der Waals surface area contributed by atoms with Gasteiger partial charge in [-0.05, 0) is 17.7 Å². The molecule has 3 heterocycles. The molecule has 116 valence electrons. The molecule has 0 aliphatic carbocycles. The van der Waals surface area contributed by atoms with Gasteiger partial charge in [0.05, 0.1) is 10.4 Å². The fourth-order valence-electron chi connectivity index (χ4n) is 2.50. The Morgan fingerprint density at radius 2 is 2.22 bits per heavy atom. The molecule has 0 atom stereocenters. The molecule has 0 N–H and O–H groups in total. The number of carbonyl (C=O) groups excluding carboxylic acids is 1. The minimum absolute atomic E-state index is 0.0210. The van der Waals surface area contributed by atoms with Crippen LogP contribution < -0.4 is 0 Å². The topological polar surface area (TPSA) is 37.6 Å². The molecular formula is C16H12BrN3OS2. The molecule has 0 radical (unpaired) electrons. The first-order valence-electron chi connectivity index (χ1n) is 6.97. The smallest absolute Gasteiger partial charge is 0.264 e. The largest absolute Gasteiger partial charge is 0.337 e. The summed E-state index contributed by atoms with van der Waals surface area (Å²) >= 11 is 6.58. The standard InChI is InChI=1S/C16H12BrN3OS2/c1-19(9-10-4-2-3-5-11(10)17)15(21)13-8-12-14(23-13)18-16-20(12)6-7-22-16/h2-8H,9H2,1H3. The van der Waals surface area contributed by atoms with Crippen LogP contribution in [0.2, 0.25) is 0 Å². The molecule has 0 fully saturated rings. The molecule has 0 aliphatic rings. The molecule has 1 aromatic carbocycles. The van der Waals surface area contributed by atoms with E-state index in [0.29, 0.717) is 6.54 Å². The number of hydrogen-bond donors (Lipinski definition) is 0. The summed E-state index contributed by atoms with van der Waals surface area (Å²) in [4.78, 5) is 21.6. The number of thiophene rings is 1. The van der Waals surface area contributed by atoms with Gasteiger partial charge >= 0.3 is 0 Å². The maximum atomic E-state index is 12.7. The van der Waals surface area contributed by atoms with Gasteiger partial charge in [0.25, 0.3) is 5.91 Å². The lowest BCUT2D eigenvalue weighted by atomic mass is 10.2. The second-order valence-electron chi connectivity index (χ2n) is 5.22. The quantitative estimate of drug-likeness (QED) is 0.497. The molecule has 4 aromatic rings. The minimum Gasteiger partial charge on any atom is -0.337 e. The Kier molecular flexibility index (Phi) is 3.71. The van der Waals surface area contributed by atoms with Crippen molar-refractivity contribution < 1.29 is 4.79 Å². The van der Waals surface area contributed by atoms with Gasteiger partial charge in [-0.2, -0.15) is 0 Å². The number of rotatable bonds is 3. The van der Waals surface area contributed by atoms with Gasteiger partial charge in [0.15, 0.2) is 4.96 Å². The number of hydrogen-bond acceptors (Lipinski definition) is 4. The third-order valence-corrected chi connectivity index (χ3v) is 6.20.